The van der Waals surface area contributed by atoms with Gasteiger partial charge in [-0.3, -0.25) is 0 Å². The summed E-state index contributed by atoms with van der Waals surface area (Å²) in [5.41, 5.74) is 4.49. The minimum absolute atomic E-state index is 0.844. The molecule has 0 N–H and O–H groups in total. The normalized spacial score (nSPS) is 10.3. The molecule has 3 rings (SSSR count). The molecule has 0 aliphatic carbocycles. The van der Waals surface area contributed by atoms with E-state index in [0.29, 0.717) is 0 Å². The molecule has 0 saturated heterocycles. The molecule has 0 fully saturated rings. The van der Waals surface area contributed by atoms with Gasteiger partial charge in [0.05, 0.1) is 7.11 Å². The van der Waals surface area contributed by atoms with Crippen LogP contribution in [0.1, 0.15) is 22.3 Å². The van der Waals surface area contributed by atoms with E-state index in [0.717, 1.165) is 23.3 Å². The molecule has 0 unspecified atom stereocenters. The quantitative estimate of drug-likeness (QED) is 0.588. The van der Waals surface area contributed by atoms with E-state index in [-0.39, 0.29) is 0 Å². The molecule has 0 aliphatic heterocycles. The minimum Gasteiger partial charge on any atom is -0.497 e. The Morgan fingerprint density at radius 3 is 2.28 bits per heavy atom. The number of ether oxygens (including phenoxy) is 1. The number of allylic oxidation sites excluding steroid dienone is 1. The summed E-state index contributed by atoms with van der Waals surface area (Å²) in [5, 5.41) is 0. The van der Waals surface area contributed by atoms with Gasteiger partial charge in [0.15, 0.2) is 0 Å². The van der Waals surface area contributed by atoms with Gasteiger partial charge in [0.1, 0.15) is 5.75 Å². The highest BCUT2D eigenvalue weighted by Gasteiger charge is 1.97. The topological polar surface area (TPSA) is 9.23 Å². The summed E-state index contributed by atoms with van der Waals surface area (Å²) in [6, 6.07) is 26.4. The van der Waals surface area contributed by atoms with Crippen molar-refractivity contribution in [3.8, 4) is 17.6 Å². The van der Waals surface area contributed by atoms with Gasteiger partial charge in [-0.25, -0.2) is 0 Å². The summed E-state index contributed by atoms with van der Waals surface area (Å²) in [6.07, 6.45) is 5.19. The monoisotopic (exact) mass is 324 g/mol. The zero-order valence-corrected chi connectivity index (χ0v) is 14.3. The van der Waals surface area contributed by atoms with Crippen LogP contribution in [0.5, 0.6) is 5.75 Å². The van der Waals surface area contributed by atoms with Crippen molar-refractivity contribution < 1.29 is 4.74 Å². The van der Waals surface area contributed by atoms with Gasteiger partial charge in [0.25, 0.3) is 0 Å². The lowest BCUT2D eigenvalue weighted by molar-refractivity contribution is 0.415. The smallest absolute Gasteiger partial charge is 0.118 e. The van der Waals surface area contributed by atoms with Crippen molar-refractivity contribution in [2.75, 3.05) is 7.11 Å². The second-order valence-electron chi connectivity index (χ2n) is 5.65. The molecule has 0 radical (unpaired) electrons. The Balaban J connectivity index is 1.75. The molecule has 0 heterocycles. The summed E-state index contributed by atoms with van der Waals surface area (Å²) in [4.78, 5) is 0. The van der Waals surface area contributed by atoms with Gasteiger partial charge >= 0.3 is 0 Å². The Morgan fingerprint density at radius 2 is 1.52 bits per heavy atom. The van der Waals surface area contributed by atoms with Crippen LogP contribution >= 0.6 is 0 Å². The first kappa shape index (κ1) is 16.6. The molecule has 0 aromatic heterocycles. The van der Waals surface area contributed by atoms with Gasteiger partial charge in [-0.05, 0) is 47.9 Å². The maximum atomic E-state index is 5.18. The summed E-state index contributed by atoms with van der Waals surface area (Å²) in [5.74, 6) is 7.37. The Morgan fingerprint density at radius 1 is 0.800 bits per heavy atom. The second-order valence-corrected chi connectivity index (χ2v) is 5.65. The summed E-state index contributed by atoms with van der Waals surface area (Å²) in [6.45, 7) is 0. The molecule has 3 aromatic carbocycles. The number of hydrogen-bond donors (Lipinski definition) is 0. The highest BCUT2D eigenvalue weighted by Crippen LogP contribution is 2.13. The van der Waals surface area contributed by atoms with Crippen molar-refractivity contribution in [3.63, 3.8) is 0 Å². The molecule has 25 heavy (non-hydrogen) atoms. The highest BCUT2D eigenvalue weighted by molar-refractivity contribution is 5.51. The molecule has 0 bridgehead atoms. The molecule has 1 nitrogen and oxygen atoms in total. The molecule has 0 saturated carbocycles. The van der Waals surface area contributed by atoms with Gasteiger partial charge in [-0.15, -0.1) is 0 Å². The standard InChI is InChI=1S/C24H20O/c1-25-24-18-15-21(16-19-24)14-17-23-12-6-5-11-22(23)13-7-10-20-8-3-2-4-9-20/h2-12,15-16,18-19H,13H2,1H3/b10-7+. The van der Waals surface area contributed by atoms with Crippen molar-refractivity contribution >= 4 is 6.08 Å². The Labute approximate surface area is 149 Å². The molecule has 122 valence electrons. The van der Waals surface area contributed by atoms with Gasteiger partial charge < -0.3 is 4.74 Å². The van der Waals surface area contributed by atoms with Crippen LogP contribution in [0.2, 0.25) is 0 Å². The molecule has 3 aromatic rings. The first-order chi connectivity index (χ1) is 12.3. The lowest BCUT2D eigenvalue weighted by Gasteiger charge is -2.01. The predicted molar refractivity (Wildman–Crippen MR) is 105 cm³/mol. The third-order valence-corrected chi connectivity index (χ3v) is 3.90. The van der Waals surface area contributed by atoms with Crippen molar-refractivity contribution in [1.29, 1.82) is 0 Å². The molecule has 1 heteroatoms. The number of benzene rings is 3. The van der Waals surface area contributed by atoms with E-state index >= 15 is 0 Å². The highest BCUT2D eigenvalue weighted by atomic mass is 16.5. The van der Waals surface area contributed by atoms with Crippen molar-refractivity contribution in [3.05, 3.63) is 107 Å². The minimum atomic E-state index is 0.844. The van der Waals surface area contributed by atoms with Gasteiger partial charge in [-0.2, -0.15) is 0 Å². The van der Waals surface area contributed by atoms with Crippen LogP contribution < -0.4 is 4.74 Å². The fourth-order valence-electron chi connectivity index (χ4n) is 2.52. The number of rotatable bonds is 4. The Kier molecular flexibility index (Phi) is 5.69. The first-order valence-electron chi connectivity index (χ1n) is 8.31. The van der Waals surface area contributed by atoms with Gasteiger partial charge in [-0.1, -0.05) is 72.5 Å². The van der Waals surface area contributed by atoms with Crippen molar-refractivity contribution in [1.82, 2.24) is 0 Å². The third-order valence-electron chi connectivity index (χ3n) is 3.90. The number of methoxy groups -OCH3 is 1. The van der Waals surface area contributed by atoms with E-state index in [9.17, 15) is 0 Å². The average Bonchev–Trinajstić information content (AvgIpc) is 2.68. The summed E-state index contributed by atoms with van der Waals surface area (Å²) >= 11 is 0. The van der Waals surface area contributed by atoms with E-state index in [1.807, 2.05) is 48.5 Å². The maximum Gasteiger partial charge on any atom is 0.118 e. The molecular weight excluding hydrogens is 304 g/mol. The zero-order valence-electron chi connectivity index (χ0n) is 14.3. The van der Waals surface area contributed by atoms with Crippen LogP contribution in [0.4, 0.5) is 0 Å². The van der Waals surface area contributed by atoms with Crippen LogP contribution in [0, 0.1) is 11.8 Å². The third kappa shape index (κ3) is 4.86. The predicted octanol–water partition coefficient (Wildman–Crippen LogP) is 5.35. The van der Waals surface area contributed by atoms with E-state index in [1.54, 1.807) is 7.11 Å². The molecular formula is C24H20O. The lowest BCUT2D eigenvalue weighted by Crippen LogP contribution is -1.87. The lowest BCUT2D eigenvalue weighted by atomic mass is 10.0. The fraction of sp³-hybridized carbons (Fsp3) is 0.0833. The maximum absolute atomic E-state index is 5.18. The van der Waals surface area contributed by atoms with E-state index in [2.05, 4.69) is 54.3 Å². The summed E-state index contributed by atoms with van der Waals surface area (Å²) < 4.78 is 5.18. The van der Waals surface area contributed by atoms with Gasteiger partial charge in [0.2, 0.25) is 0 Å². The molecule has 0 amide bonds. The van der Waals surface area contributed by atoms with Crippen LogP contribution in [0.15, 0.2) is 84.9 Å². The average molecular weight is 324 g/mol. The first-order valence-corrected chi connectivity index (χ1v) is 8.31. The SMILES string of the molecule is COc1ccc(C#Cc2ccccc2C/C=C/c2ccccc2)cc1. The van der Waals surface area contributed by atoms with Crippen LogP contribution in [-0.4, -0.2) is 7.11 Å². The van der Waals surface area contributed by atoms with Crippen LogP contribution in [-0.2, 0) is 6.42 Å². The fourth-order valence-corrected chi connectivity index (χ4v) is 2.52. The van der Waals surface area contributed by atoms with Gasteiger partial charge in [0, 0.05) is 11.1 Å². The largest absolute Gasteiger partial charge is 0.497 e. The number of hydrogen-bond acceptors (Lipinski definition) is 1. The second kappa shape index (κ2) is 8.57. The zero-order chi connectivity index (χ0) is 17.3. The summed E-state index contributed by atoms with van der Waals surface area (Å²) in [7, 11) is 1.67. The van der Waals surface area contributed by atoms with E-state index in [4.69, 9.17) is 4.74 Å². The Hall–Kier alpha value is -3.24. The van der Waals surface area contributed by atoms with Crippen LogP contribution in [0.3, 0.4) is 0 Å². The van der Waals surface area contributed by atoms with Crippen molar-refractivity contribution in [2.45, 2.75) is 6.42 Å². The van der Waals surface area contributed by atoms with E-state index < -0.39 is 0 Å². The molecule has 0 atom stereocenters. The van der Waals surface area contributed by atoms with Crippen molar-refractivity contribution in [2.24, 2.45) is 0 Å². The molecule has 0 spiro atoms. The molecule has 0 aliphatic rings. The Bertz CT molecular complexity index is 894. The van der Waals surface area contributed by atoms with Crippen LogP contribution in [0.25, 0.3) is 6.08 Å². The van der Waals surface area contributed by atoms with E-state index in [1.165, 1.54) is 11.1 Å².